The number of ketones is 1. The van der Waals surface area contributed by atoms with Gasteiger partial charge in [-0.05, 0) is 67.4 Å². The van der Waals surface area contributed by atoms with Crippen LogP contribution >= 0.6 is 11.6 Å². The molecule has 2 aliphatic rings. The molecule has 2 N–H and O–H groups in total. The number of alkyl halides is 1. The summed E-state index contributed by atoms with van der Waals surface area (Å²) in [5, 5.41) is 6.25. The second-order valence-corrected chi connectivity index (χ2v) is 10.6. The number of rotatable bonds is 7. The molecule has 216 valence electrons. The lowest BCUT2D eigenvalue weighted by Crippen LogP contribution is -2.56. The van der Waals surface area contributed by atoms with Gasteiger partial charge in [0.2, 0.25) is 0 Å². The molecule has 2 fully saturated rings. The third kappa shape index (κ3) is 6.24. The first kappa shape index (κ1) is 29.0. The van der Waals surface area contributed by atoms with Gasteiger partial charge in [0.1, 0.15) is 23.6 Å². The summed E-state index contributed by atoms with van der Waals surface area (Å²) in [5.41, 5.74) is 1.33. The Balaban J connectivity index is 1.45. The summed E-state index contributed by atoms with van der Waals surface area (Å²) in [4.78, 5) is 33.3. The van der Waals surface area contributed by atoms with E-state index in [0.29, 0.717) is 11.3 Å². The van der Waals surface area contributed by atoms with Crippen LogP contribution in [0.25, 0.3) is 0 Å². The van der Waals surface area contributed by atoms with Gasteiger partial charge in [-0.25, -0.2) is 18.0 Å². The van der Waals surface area contributed by atoms with Crippen LogP contribution in [0.2, 0.25) is 5.02 Å². The van der Waals surface area contributed by atoms with Crippen molar-refractivity contribution in [2.45, 2.75) is 43.6 Å². The number of hydrogen-bond acceptors (Lipinski definition) is 6. The van der Waals surface area contributed by atoms with Gasteiger partial charge in [-0.3, -0.25) is 9.78 Å². The number of carbonyl (C=O) groups is 2. The van der Waals surface area contributed by atoms with Crippen LogP contribution in [0.1, 0.15) is 36.6 Å². The van der Waals surface area contributed by atoms with E-state index in [9.17, 15) is 18.4 Å². The van der Waals surface area contributed by atoms with E-state index in [2.05, 4.69) is 15.6 Å². The van der Waals surface area contributed by atoms with Crippen molar-refractivity contribution < 1.29 is 27.5 Å². The molecule has 0 spiro atoms. The Bertz CT molecular complexity index is 1380. The number of pyridine rings is 1. The van der Waals surface area contributed by atoms with Gasteiger partial charge in [0.25, 0.3) is 0 Å². The molecular formula is C30H30ClF3N4O3. The fraction of sp³-hybridized carbons (Fsp3) is 0.367. The number of piperidine rings is 1. The van der Waals surface area contributed by atoms with Crippen LogP contribution in [-0.4, -0.2) is 59.6 Å². The van der Waals surface area contributed by atoms with Crippen LogP contribution < -0.4 is 15.4 Å². The molecule has 0 bridgehead atoms. The quantitative estimate of drug-likeness (QED) is 0.395. The van der Waals surface area contributed by atoms with Gasteiger partial charge in [0.05, 0.1) is 34.8 Å². The highest BCUT2D eigenvalue weighted by molar-refractivity contribution is 6.30. The van der Waals surface area contributed by atoms with Crippen LogP contribution in [-0.2, 0) is 4.79 Å². The van der Waals surface area contributed by atoms with E-state index in [1.165, 1.54) is 41.3 Å². The molecule has 6 atom stereocenters. The van der Waals surface area contributed by atoms with Gasteiger partial charge in [0.15, 0.2) is 5.78 Å². The molecule has 41 heavy (non-hydrogen) atoms. The van der Waals surface area contributed by atoms with Gasteiger partial charge in [-0.1, -0.05) is 23.7 Å². The summed E-state index contributed by atoms with van der Waals surface area (Å²) in [6.45, 7) is 2.13. The minimum Gasteiger partial charge on any atom is -0.410 e. The van der Waals surface area contributed by atoms with E-state index in [-0.39, 0.29) is 48.7 Å². The fourth-order valence-corrected chi connectivity index (χ4v) is 5.98. The van der Waals surface area contributed by atoms with Crippen molar-refractivity contribution in [3.05, 3.63) is 94.8 Å². The van der Waals surface area contributed by atoms with Gasteiger partial charge in [-0.15, -0.1) is 0 Å². The Morgan fingerprint density at radius 1 is 1.07 bits per heavy atom. The summed E-state index contributed by atoms with van der Waals surface area (Å²) in [6, 6.07) is 12.7. The van der Waals surface area contributed by atoms with Crippen molar-refractivity contribution in [2.75, 3.05) is 19.6 Å². The molecule has 2 saturated heterocycles. The largest absolute Gasteiger partial charge is 0.415 e. The molecule has 0 saturated carbocycles. The van der Waals surface area contributed by atoms with Crippen LogP contribution in [0.15, 0.2) is 66.9 Å². The molecule has 2 aliphatic heterocycles. The normalized spacial score (nSPS) is 26.0. The number of amides is 1. The van der Waals surface area contributed by atoms with Gasteiger partial charge >= 0.3 is 6.09 Å². The van der Waals surface area contributed by atoms with E-state index in [4.69, 9.17) is 16.3 Å². The average Bonchev–Trinajstić information content (AvgIpc) is 3.41. The smallest absolute Gasteiger partial charge is 0.410 e. The molecule has 0 aliphatic carbocycles. The number of ether oxygens (including phenoxy) is 1. The molecular weight excluding hydrogens is 557 g/mol. The highest BCUT2D eigenvalue weighted by Gasteiger charge is 2.49. The summed E-state index contributed by atoms with van der Waals surface area (Å²) < 4.78 is 48.3. The van der Waals surface area contributed by atoms with Gasteiger partial charge < -0.3 is 20.3 Å². The maximum atomic E-state index is 15.3. The van der Waals surface area contributed by atoms with Crippen molar-refractivity contribution in [1.29, 1.82) is 0 Å². The van der Waals surface area contributed by atoms with E-state index in [1.54, 1.807) is 25.3 Å². The number of aromatic nitrogens is 1. The minimum absolute atomic E-state index is 0.0177. The van der Waals surface area contributed by atoms with Crippen molar-refractivity contribution in [3.8, 4) is 5.75 Å². The maximum Gasteiger partial charge on any atom is 0.415 e. The first-order valence-corrected chi connectivity index (χ1v) is 13.9. The van der Waals surface area contributed by atoms with E-state index in [1.807, 2.05) is 12.1 Å². The predicted molar refractivity (Wildman–Crippen MR) is 148 cm³/mol. The lowest BCUT2D eigenvalue weighted by Gasteiger charge is -2.37. The SMILES string of the molecule is CCN(C(=O)Oc1ccc(F)cc1)[C@@H]1C(C(=O)C2CC(c3ccccn3)NCC2F)NC[C@H]1c1ccc(F)c(Cl)c1. The number of Topliss-reactive ketones (excluding diaryl/α,β-unsaturated/α-hetero) is 1. The average molecular weight is 587 g/mol. The number of likely N-dealkylation sites (N-methyl/N-ethyl adjacent to an activating group) is 1. The van der Waals surface area contributed by atoms with Crippen LogP contribution in [0.4, 0.5) is 18.0 Å². The molecule has 3 heterocycles. The third-order valence-electron chi connectivity index (χ3n) is 7.84. The minimum atomic E-state index is -1.44. The molecule has 4 unspecified atom stereocenters. The zero-order valence-electron chi connectivity index (χ0n) is 22.3. The second-order valence-electron chi connectivity index (χ2n) is 10.2. The van der Waals surface area contributed by atoms with E-state index < -0.39 is 47.8 Å². The zero-order valence-corrected chi connectivity index (χ0v) is 23.0. The molecule has 5 rings (SSSR count). The second kappa shape index (κ2) is 12.6. The highest BCUT2D eigenvalue weighted by atomic mass is 35.5. The lowest BCUT2D eigenvalue weighted by atomic mass is 9.80. The number of halogens is 4. The number of nitrogens with one attached hydrogen (secondary N) is 2. The molecule has 2 aromatic carbocycles. The standard InChI is InChI=1S/C30H30ClF3N4O3/c1-2-38(30(40)41-19-9-7-18(32)8-10-19)28-21(17-6-11-23(33)22(31)13-17)15-37-27(28)29(39)20-14-26(36-16-24(20)34)25-5-3-4-12-35-25/h3-13,20-21,24,26-28,36-37H,2,14-16H2,1H3/t20?,21-,24?,26?,27?,28-/m0/s1. The Labute approximate surface area is 241 Å². The monoisotopic (exact) mass is 586 g/mol. The number of nitrogens with zero attached hydrogens (tertiary/aromatic N) is 2. The van der Waals surface area contributed by atoms with E-state index in [0.717, 1.165) is 0 Å². The third-order valence-corrected chi connectivity index (χ3v) is 8.13. The Morgan fingerprint density at radius 2 is 1.85 bits per heavy atom. The van der Waals surface area contributed by atoms with Crippen molar-refractivity contribution in [1.82, 2.24) is 20.5 Å². The molecule has 1 amide bonds. The van der Waals surface area contributed by atoms with Gasteiger partial charge in [-0.2, -0.15) is 0 Å². The summed E-state index contributed by atoms with van der Waals surface area (Å²) >= 11 is 6.09. The van der Waals surface area contributed by atoms with Crippen LogP contribution in [0.3, 0.4) is 0 Å². The first-order chi connectivity index (χ1) is 19.8. The van der Waals surface area contributed by atoms with Crippen LogP contribution in [0, 0.1) is 17.6 Å². The van der Waals surface area contributed by atoms with Crippen LogP contribution in [0.5, 0.6) is 5.75 Å². The Morgan fingerprint density at radius 3 is 2.54 bits per heavy atom. The Kier molecular flexibility index (Phi) is 8.91. The molecule has 0 radical (unpaired) electrons. The maximum absolute atomic E-state index is 15.3. The summed E-state index contributed by atoms with van der Waals surface area (Å²) in [7, 11) is 0. The molecule has 7 nitrogen and oxygen atoms in total. The van der Waals surface area contributed by atoms with Gasteiger partial charge in [0, 0.05) is 31.7 Å². The highest BCUT2D eigenvalue weighted by Crippen LogP contribution is 2.37. The van der Waals surface area contributed by atoms with E-state index >= 15 is 4.39 Å². The number of carbonyl (C=O) groups excluding carboxylic acids is 2. The van der Waals surface area contributed by atoms with Crippen molar-refractivity contribution in [3.63, 3.8) is 0 Å². The summed E-state index contributed by atoms with van der Waals surface area (Å²) in [6.07, 6.45) is -0.349. The Hall–Kier alpha value is -3.47. The number of benzene rings is 2. The lowest BCUT2D eigenvalue weighted by molar-refractivity contribution is -0.129. The summed E-state index contributed by atoms with van der Waals surface area (Å²) in [5.74, 6) is -2.74. The number of hydrogen-bond donors (Lipinski definition) is 2. The molecule has 1 aromatic heterocycles. The topological polar surface area (TPSA) is 83.6 Å². The molecule has 3 aromatic rings. The fourth-order valence-electron chi connectivity index (χ4n) is 5.79. The molecule has 11 heteroatoms. The van der Waals surface area contributed by atoms with Crippen molar-refractivity contribution >= 4 is 23.5 Å². The zero-order chi connectivity index (χ0) is 29.1. The van der Waals surface area contributed by atoms with Crippen molar-refractivity contribution in [2.24, 2.45) is 5.92 Å². The first-order valence-electron chi connectivity index (χ1n) is 13.5. The predicted octanol–water partition coefficient (Wildman–Crippen LogP) is 5.22.